The highest BCUT2D eigenvalue weighted by Gasteiger charge is 2.72. The van der Waals surface area contributed by atoms with Crippen molar-refractivity contribution in [3.05, 3.63) is 29.6 Å². The topological polar surface area (TPSA) is 68.5 Å². The number of likely N-dealkylation sites (tertiary alicyclic amines) is 1. The molecule has 1 aromatic heterocycles. The van der Waals surface area contributed by atoms with Gasteiger partial charge in [0.05, 0.1) is 0 Å². The maximum atomic E-state index is 13.6. The number of pyridine rings is 1. The Morgan fingerprint density at radius 1 is 1.25 bits per heavy atom. The number of amides is 1. The minimum absolute atomic E-state index is 0.257. The number of fused-ring (bicyclic) bond motifs is 3. The molecule has 1 saturated heterocycles. The van der Waals surface area contributed by atoms with E-state index < -0.39 is 29.3 Å². The van der Waals surface area contributed by atoms with Crippen molar-refractivity contribution in [2.75, 3.05) is 20.2 Å². The number of carbonyl (C=O) groups excluding carboxylic acids is 1. The number of hydrogen-bond donors (Lipinski definition) is 1. The normalized spacial score (nSPS) is 41.5. The standard InChI is InChI=1S/C21H27F2N3O2/c1-28-20(12-5-6-25-18(7-12)19(24)27)13-3-2-4-14(20)11-26(10-13)15-8-16-17(9-15)21(16,22)23/h5-7,13-17H,2-4,8-11H2,1H3,(H2,24,27)/t13?,14?,15?,16-,17?,20?/m1/s1. The number of rotatable bonds is 4. The summed E-state index contributed by atoms with van der Waals surface area (Å²) >= 11 is 0. The SMILES string of the molecule is COC1(c2ccnc(C(N)=O)c2)C2CCCC1CN(C1CC3[C@@H](C1)C3(F)F)C2. The van der Waals surface area contributed by atoms with Crippen LogP contribution in [0.2, 0.25) is 0 Å². The fourth-order valence-electron chi connectivity index (χ4n) is 6.58. The zero-order valence-corrected chi connectivity index (χ0v) is 16.1. The maximum absolute atomic E-state index is 13.6. The number of primary amides is 1. The minimum Gasteiger partial charge on any atom is -0.373 e. The lowest BCUT2D eigenvalue weighted by Crippen LogP contribution is -2.60. The second-order valence-corrected chi connectivity index (χ2v) is 9.08. The van der Waals surface area contributed by atoms with E-state index in [4.69, 9.17) is 10.5 Å². The van der Waals surface area contributed by atoms with Crippen LogP contribution in [0.4, 0.5) is 8.78 Å². The number of nitrogens with zero attached hydrogens (tertiary/aromatic N) is 2. The molecule has 152 valence electrons. The first-order chi connectivity index (χ1) is 13.4. The van der Waals surface area contributed by atoms with Crippen molar-refractivity contribution in [1.82, 2.24) is 9.88 Å². The fourth-order valence-corrected chi connectivity index (χ4v) is 6.58. The van der Waals surface area contributed by atoms with Gasteiger partial charge in [-0.25, -0.2) is 8.78 Å². The molecule has 5 nitrogen and oxygen atoms in total. The minimum atomic E-state index is -2.42. The molecule has 3 aliphatic carbocycles. The molecular weight excluding hydrogens is 364 g/mol. The van der Waals surface area contributed by atoms with Crippen LogP contribution in [-0.4, -0.2) is 48.0 Å². The summed E-state index contributed by atoms with van der Waals surface area (Å²) in [6, 6.07) is 3.98. The Balaban J connectivity index is 1.42. The van der Waals surface area contributed by atoms with Crippen molar-refractivity contribution in [3.63, 3.8) is 0 Å². The number of aromatic nitrogens is 1. The predicted octanol–water partition coefficient (Wildman–Crippen LogP) is 2.80. The molecule has 2 bridgehead atoms. The Labute approximate surface area is 163 Å². The molecule has 0 spiro atoms. The molecule has 1 aliphatic heterocycles. The Morgan fingerprint density at radius 3 is 2.46 bits per heavy atom. The fraction of sp³-hybridized carbons (Fsp3) is 0.714. The van der Waals surface area contributed by atoms with Crippen molar-refractivity contribution < 1.29 is 18.3 Å². The smallest absolute Gasteiger partial charge is 0.267 e. The summed E-state index contributed by atoms with van der Waals surface area (Å²) in [5, 5.41) is 0. The zero-order chi connectivity index (χ0) is 19.7. The van der Waals surface area contributed by atoms with Crippen molar-refractivity contribution in [2.24, 2.45) is 29.4 Å². The summed E-state index contributed by atoms with van der Waals surface area (Å²) in [6.07, 6.45) is 6.09. The summed E-state index contributed by atoms with van der Waals surface area (Å²) in [4.78, 5) is 18.2. The van der Waals surface area contributed by atoms with Gasteiger partial charge in [-0.3, -0.25) is 14.7 Å². The third-order valence-corrected chi connectivity index (χ3v) is 7.96. The van der Waals surface area contributed by atoms with Gasteiger partial charge in [0.2, 0.25) is 0 Å². The van der Waals surface area contributed by atoms with Crippen LogP contribution in [-0.2, 0) is 10.3 Å². The maximum Gasteiger partial charge on any atom is 0.267 e. The second kappa shape index (κ2) is 6.20. The number of piperidine rings is 1. The molecule has 1 amide bonds. The number of alkyl halides is 2. The summed E-state index contributed by atoms with van der Waals surface area (Å²) in [7, 11) is 1.75. The summed E-state index contributed by atoms with van der Waals surface area (Å²) < 4.78 is 33.5. The van der Waals surface area contributed by atoms with Crippen molar-refractivity contribution in [3.8, 4) is 0 Å². The molecule has 28 heavy (non-hydrogen) atoms. The molecule has 4 aliphatic rings. The number of carbonyl (C=O) groups is 1. The first-order valence-corrected chi connectivity index (χ1v) is 10.3. The number of methoxy groups -OCH3 is 1. The largest absolute Gasteiger partial charge is 0.373 e. The Bertz CT molecular complexity index is 774. The Morgan fingerprint density at radius 2 is 1.89 bits per heavy atom. The number of hydrogen-bond acceptors (Lipinski definition) is 4. The van der Waals surface area contributed by atoms with Gasteiger partial charge >= 0.3 is 0 Å². The predicted molar refractivity (Wildman–Crippen MR) is 98.8 cm³/mol. The molecule has 2 heterocycles. The van der Waals surface area contributed by atoms with E-state index >= 15 is 0 Å². The van der Waals surface area contributed by atoms with Crippen LogP contribution >= 0.6 is 0 Å². The van der Waals surface area contributed by atoms with Gasteiger partial charge < -0.3 is 10.5 Å². The first-order valence-electron chi connectivity index (χ1n) is 10.3. The van der Waals surface area contributed by atoms with Gasteiger partial charge in [0.15, 0.2) is 0 Å². The summed E-state index contributed by atoms with van der Waals surface area (Å²) in [5.74, 6) is -3.21. The van der Waals surface area contributed by atoms with Crippen LogP contribution in [0.15, 0.2) is 18.3 Å². The summed E-state index contributed by atoms with van der Waals surface area (Å²) in [5.41, 5.74) is 6.20. The molecule has 2 N–H and O–H groups in total. The van der Waals surface area contributed by atoms with E-state index in [1.165, 1.54) is 0 Å². The Hall–Kier alpha value is -1.60. The molecule has 3 saturated carbocycles. The molecule has 0 radical (unpaired) electrons. The van der Waals surface area contributed by atoms with Gasteiger partial charge in [0, 0.05) is 56.1 Å². The highest BCUT2D eigenvalue weighted by Crippen LogP contribution is 2.65. The molecular formula is C21H27F2N3O2. The third kappa shape index (κ3) is 2.48. The lowest BCUT2D eigenvalue weighted by Gasteiger charge is -2.56. The molecule has 4 unspecified atom stereocenters. The zero-order valence-electron chi connectivity index (χ0n) is 16.1. The molecule has 1 aromatic rings. The molecule has 4 fully saturated rings. The van der Waals surface area contributed by atoms with Crippen molar-refractivity contribution in [2.45, 2.75) is 49.7 Å². The van der Waals surface area contributed by atoms with E-state index in [2.05, 4.69) is 9.88 Å². The quantitative estimate of drug-likeness (QED) is 0.857. The van der Waals surface area contributed by atoms with E-state index in [0.29, 0.717) is 12.8 Å². The van der Waals surface area contributed by atoms with Crippen LogP contribution in [0.1, 0.15) is 48.2 Å². The average Bonchev–Trinajstić information content (AvgIpc) is 3.01. The van der Waals surface area contributed by atoms with Crippen molar-refractivity contribution in [1.29, 1.82) is 0 Å². The highest BCUT2D eigenvalue weighted by atomic mass is 19.3. The molecule has 7 heteroatoms. The first kappa shape index (κ1) is 18.4. The number of nitrogens with two attached hydrogens (primary N) is 1. The van der Waals surface area contributed by atoms with Crippen LogP contribution in [0, 0.1) is 23.7 Å². The van der Waals surface area contributed by atoms with Gasteiger partial charge in [-0.2, -0.15) is 0 Å². The van der Waals surface area contributed by atoms with Gasteiger partial charge in [-0.1, -0.05) is 6.42 Å². The van der Waals surface area contributed by atoms with E-state index in [-0.39, 0.29) is 23.6 Å². The van der Waals surface area contributed by atoms with Crippen LogP contribution in [0.3, 0.4) is 0 Å². The average molecular weight is 391 g/mol. The lowest BCUT2D eigenvalue weighted by molar-refractivity contribution is -0.175. The lowest BCUT2D eigenvalue weighted by atomic mass is 9.62. The van der Waals surface area contributed by atoms with Crippen molar-refractivity contribution >= 4 is 5.91 Å². The van der Waals surface area contributed by atoms with Gasteiger partial charge in [-0.15, -0.1) is 0 Å². The van der Waals surface area contributed by atoms with E-state index in [0.717, 1.165) is 37.9 Å². The Kier molecular flexibility index (Phi) is 4.08. The second-order valence-electron chi connectivity index (χ2n) is 9.08. The molecule has 5 rings (SSSR count). The van der Waals surface area contributed by atoms with E-state index in [9.17, 15) is 13.6 Å². The molecule has 5 atom stereocenters. The van der Waals surface area contributed by atoms with E-state index in [1.807, 2.05) is 6.07 Å². The molecule has 0 aromatic carbocycles. The van der Waals surface area contributed by atoms with Crippen LogP contribution in [0.25, 0.3) is 0 Å². The summed E-state index contributed by atoms with van der Waals surface area (Å²) in [6.45, 7) is 1.71. The van der Waals surface area contributed by atoms with Crippen LogP contribution < -0.4 is 5.73 Å². The number of ether oxygens (including phenoxy) is 1. The van der Waals surface area contributed by atoms with E-state index in [1.54, 1.807) is 19.4 Å². The number of halogens is 2. The third-order valence-electron chi connectivity index (χ3n) is 7.96. The van der Waals surface area contributed by atoms with Gasteiger partial charge in [0.1, 0.15) is 11.3 Å². The van der Waals surface area contributed by atoms with Gasteiger partial charge in [-0.05, 0) is 43.4 Å². The van der Waals surface area contributed by atoms with Gasteiger partial charge in [0.25, 0.3) is 11.8 Å². The highest BCUT2D eigenvalue weighted by molar-refractivity contribution is 5.90. The van der Waals surface area contributed by atoms with Crippen LogP contribution in [0.5, 0.6) is 0 Å². The monoisotopic (exact) mass is 391 g/mol.